The zero-order valence-electron chi connectivity index (χ0n) is 29.0. The van der Waals surface area contributed by atoms with Crippen molar-refractivity contribution in [3.05, 3.63) is 12.7 Å². The topological polar surface area (TPSA) is 424 Å². The van der Waals surface area contributed by atoms with E-state index in [-0.39, 0.29) is 42.2 Å². The van der Waals surface area contributed by atoms with Crippen LogP contribution in [-0.4, -0.2) is 140 Å². The zero-order valence-corrected chi connectivity index (χ0v) is 32.5. The lowest BCUT2D eigenvalue weighted by molar-refractivity contribution is -0.218. The highest BCUT2D eigenvalue weighted by molar-refractivity contribution is 8.15. The van der Waals surface area contributed by atoms with Gasteiger partial charge in [0.2, 0.25) is 11.7 Å². The zero-order chi connectivity index (χ0) is 42.2. The lowest BCUT2D eigenvalue weighted by atomic mass is 9.87. The summed E-state index contributed by atoms with van der Waals surface area (Å²) in [5.74, 6) is -4.55. The van der Waals surface area contributed by atoms with E-state index in [1.165, 1.54) is 13.8 Å². The molecule has 0 spiro atoms. The SMILES string of the molecule is CC(C)(COP(=O)(O)OP(=O)(O)OCC1OC(n2cnc3c(N)ncnc32)C(O)C1OP(=O)(O)O)C(O)C(=O)NCCC([O-])=NCCSC(=O)C(=O)CC(=O)O. The molecule has 1 saturated heterocycles. The monoisotopic (exact) mass is 880 g/mol. The minimum Gasteiger partial charge on any atom is -0.862 e. The number of hydrogen-bond acceptors (Lipinski definition) is 21. The van der Waals surface area contributed by atoms with Crippen molar-refractivity contribution in [2.45, 2.75) is 57.3 Å². The molecule has 1 aliphatic rings. The van der Waals surface area contributed by atoms with E-state index in [0.717, 1.165) is 17.2 Å². The lowest BCUT2D eigenvalue weighted by Crippen LogP contribution is -2.46. The van der Waals surface area contributed by atoms with E-state index in [9.17, 15) is 67.8 Å². The van der Waals surface area contributed by atoms with Gasteiger partial charge >= 0.3 is 29.4 Å². The molecule has 0 bridgehead atoms. The molecule has 31 heteroatoms. The van der Waals surface area contributed by atoms with Gasteiger partial charge < -0.3 is 60.8 Å². The third-order valence-corrected chi connectivity index (χ3v) is 11.2. The van der Waals surface area contributed by atoms with Gasteiger partial charge in [-0.15, -0.1) is 0 Å². The number of fused-ring (bicyclic) bond motifs is 1. The van der Waals surface area contributed by atoms with E-state index in [1.54, 1.807) is 0 Å². The summed E-state index contributed by atoms with van der Waals surface area (Å²) in [5.41, 5.74) is 4.14. The molecule has 2 aromatic heterocycles. The first-order valence-corrected chi connectivity index (χ1v) is 21.1. The van der Waals surface area contributed by atoms with E-state index >= 15 is 0 Å². The van der Waals surface area contributed by atoms with Crippen molar-refractivity contribution in [2.75, 3.05) is 37.8 Å². The first-order chi connectivity index (χ1) is 25.8. The van der Waals surface area contributed by atoms with Gasteiger partial charge in [0.05, 0.1) is 19.5 Å². The Bertz CT molecular complexity index is 1940. The summed E-state index contributed by atoms with van der Waals surface area (Å²) in [4.78, 5) is 100. The smallest absolute Gasteiger partial charge is 0.481 e. The average Bonchev–Trinajstić information content (AvgIpc) is 3.64. The molecule has 1 fully saturated rings. The molecule has 10 N–H and O–H groups in total. The first kappa shape index (κ1) is 47.1. The maximum absolute atomic E-state index is 12.6. The van der Waals surface area contributed by atoms with Gasteiger partial charge in [-0.05, 0) is 12.3 Å². The Morgan fingerprint density at radius 1 is 1.12 bits per heavy atom. The predicted molar refractivity (Wildman–Crippen MR) is 184 cm³/mol. The minimum absolute atomic E-state index is 0.0103. The van der Waals surface area contributed by atoms with Crippen LogP contribution in [0.15, 0.2) is 17.6 Å². The number of carbonyl (C=O) groups excluding carboxylic acids is 3. The number of aliphatic imine (C=N–C) groups is 1. The summed E-state index contributed by atoms with van der Waals surface area (Å²) in [6, 6.07) is 0. The van der Waals surface area contributed by atoms with Crippen LogP contribution in [0.25, 0.3) is 11.2 Å². The number of thioether (sulfide) groups is 1. The maximum atomic E-state index is 12.6. The predicted octanol–water partition coefficient (Wildman–Crippen LogP) is -2.65. The summed E-state index contributed by atoms with van der Waals surface area (Å²) in [6.07, 6.45) is -8.30. The van der Waals surface area contributed by atoms with Crippen LogP contribution in [0.5, 0.6) is 0 Å². The molecule has 56 heavy (non-hydrogen) atoms. The average molecular weight is 881 g/mol. The number of rotatable bonds is 22. The number of carboxylic acids is 1. The fourth-order valence-electron chi connectivity index (χ4n) is 4.52. The van der Waals surface area contributed by atoms with Crippen molar-refractivity contribution in [1.82, 2.24) is 24.8 Å². The van der Waals surface area contributed by atoms with Crippen LogP contribution in [0.1, 0.15) is 32.9 Å². The number of nitrogen functional groups attached to an aromatic ring is 1. The van der Waals surface area contributed by atoms with Gasteiger partial charge in [-0.25, -0.2) is 28.6 Å². The third-order valence-electron chi connectivity index (χ3n) is 7.22. The number of Topliss-reactive ketones (excluding diaryl/α,β-unsaturated/α-hetero) is 1. The van der Waals surface area contributed by atoms with Crippen molar-refractivity contribution >= 4 is 80.9 Å². The summed E-state index contributed by atoms with van der Waals surface area (Å²) in [6.45, 7) is -0.265. The highest BCUT2D eigenvalue weighted by Crippen LogP contribution is 2.61. The second-order valence-corrected chi connectivity index (χ2v) is 17.4. The normalized spacial score (nSPS) is 22.0. The molecule has 314 valence electrons. The van der Waals surface area contributed by atoms with Crippen LogP contribution in [0.4, 0.5) is 5.82 Å². The molecule has 0 aliphatic carbocycles. The molecule has 3 heterocycles. The number of aliphatic hydroxyl groups is 2. The van der Waals surface area contributed by atoms with Crippen molar-refractivity contribution < 1.29 is 95.5 Å². The number of ether oxygens (including phenoxy) is 1. The molecule has 0 saturated carbocycles. The van der Waals surface area contributed by atoms with Gasteiger partial charge in [-0.2, -0.15) is 4.31 Å². The maximum Gasteiger partial charge on any atom is 0.481 e. The molecular weight excluding hydrogens is 843 g/mol. The standard InChI is InChI=1S/C25H38N7O20P3S/c1-25(2,19(38)22(39)28-4-3-14(34)27-5-6-56-24(40)12(33)7-15(35)36)9-49-55(46,47)52-54(44,45)48-8-13-18(51-53(41,42)43)17(37)23(50-13)32-11-31-16-20(26)29-10-30-21(16)32/h10-11,13,17-19,23,37-38H,3-9H2,1-2H3,(H,27,34)(H,28,39)(H,35,36)(H,44,45)(H,46,47)(H2,26,29,30)(H2,41,42,43)/p-1. The lowest BCUT2D eigenvalue weighted by Gasteiger charge is -2.30. The van der Waals surface area contributed by atoms with Gasteiger partial charge in [-0.3, -0.25) is 37.3 Å². The summed E-state index contributed by atoms with van der Waals surface area (Å²) in [7, 11) is -16.5. The number of phosphoric acid groups is 3. The number of carboxylic acid groups (broad SMARTS) is 1. The van der Waals surface area contributed by atoms with Crippen molar-refractivity contribution in [1.29, 1.82) is 0 Å². The summed E-state index contributed by atoms with van der Waals surface area (Å²) in [5, 5.41) is 43.0. The van der Waals surface area contributed by atoms with Gasteiger partial charge in [0.25, 0.3) is 5.12 Å². The van der Waals surface area contributed by atoms with E-state index in [1.807, 2.05) is 0 Å². The molecule has 27 nitrogen and oxygen atoms in total. The Morgan fingerprint density at radius 2 is 1.79 bits per heavy atom. The van der Waals surface area contributed by atoms with E-state index in [2.05, 4.69) is 34.1 Å². The molecule has 1 amide bonds. The van der Waals surface area contributed by atoms with Crippen LogP contribution in [0, 0.1) is 5.41 Å². The number of nitrogens with zero attached hydrogens (tertiary/aromatic N) is 5. The largest absolute Gasteiger partial charge is 0.862 e. The Kier molecular flexibility index (Phi) is 16.3. The Morgan fingerprint density at radius 3 is 2.43 bits per heavy atom. The van der Waals surface area contributed by atoms with Crippen LogP contribution in [0.3, 0.4) is 0 Å². The van der Waals surface area contributed by atoms with Gasteiger partial charge in [-0.1, -0.05) is 25.6 Å². The van der Waals surface area contributed by atoms with Gasteiger partial charge in [0.15, 0.2) is 17.7 Å². The van der Waals surface area contributed by atoms with Crippen molar-refractivity contribution in [3.63, 3.8) is 0 Å². The molecule has 1 aliphatic heterocycles. The molecule has 7 unspecified atom stereocenters. The minimum atomic E-state index is -5.61. The summed E-state index contributed by atoms with van der Waals surface area (Å²) >= 11 is 0.476. The highest BCUT2D eigenvalue weighted by Gasteiger charge is 2.50. The molecule has 0 aromatic carbocycles. The number of aromatic nitrogens is 4. The second-order valence-electron chi connectivity index (χ2n) is 12.1. The number of nitrogens with one attached hydrogen (secondary N) is 1. The quantitative estimate of drug-likeness (QED) is 0.0146. The van der Waals surface area contributed by atoms with Gasteiger partial charge in [0.1, 0.15) is 42.7 Å². The first-order valence-electron chi connectivity index (χ1n) is 15.6. The Balaban J connectivity index is 1.51. The highest BCUT2D eigenvalue weighted by atomic mass is 32.2. The van der Waals surface area contributed by atoms with Crippen LogP contribution >= 0.6 is 35.2 Å². The Hall–Kier alpha value is -3.30. The Labute approximate surface area is 319 Å². The number of anilines is 1. The number of imidazole rings is 1. The molecule has 3 rings (SSSR count). The number of nitrogens with two attached hydrogens (primary N) is 1. The van der Waals surface area contributed by atoms with Crippen LogP contribution in [-0.2, 0) is 55.5 Å². The molecule has 7 atom stereocenters. The van der Waals surface area contributed by atoms with Gasteiger partial charge in [0, 0.05) is 24.3 Å². The summed E-state index contributed by atoms with van der Waals surface area (Å²) < 4.78 is 61.8. The van der Waals surface area contributed by atoms with Crippen molar-refractivity contribution in [2.24, 2.45) is 10.4 Å². The fraction of sp³-hybridized carbons (Fsp3) is 0.600. The number of phosphoric ester groups is 3. The van der Waals surface area contributed by atoms with Crippen molar-refractivity contribution in [3.8, 4) is 0 Å². The van der Waals surface area contributed by atoms with Crippen LogP contribution in [0.2, 0.25) is 0 Å². The van der Waals surface area contributed by atoms with E-state index in [4.69, 9.17) is 24.6 Å². The second kappa shape index (κ2) is 19.4. The number of carbonyl (C=O) groups is 4. The number of hydrogen-bond donors (Lipinski definition) is 9. The number of amides is 1. The number of aliphatic hydroxyl groups excluding tert-OH is 2. The van der Waals surface area contributed by atoms with E-state index in [0.29, 0.717) is 11.8 Å². The number of ketones is 1. The van der Waals surface area contributed by atoms with E-state index < -0.39 is 108 Å². The molecular formula is C25H37N7O20P3S-. The number of aliphatic carboxylic acids is 1. The third kappa shape index (κ3) is 14.0. The fourth-order valence-corrected chi connectivity index (χ4v) is 7.95. The molecule has 2 aromatic rings. The molecule has 0 radical (unpaired) electrons. The van der Waals surface area contributed by atoms with Crippen LogP contribution < -0.4 is 16.2 Å².